The van der Waals surface area contributed by atoms with Crippen LogP contribution >= 0.6 is 11.6 Å². The van der Waals surface area contributed by atoms with E-state index in [1.165, 1.54) is 0 Å². The van der Waals surface area contributed by atoms with Crippen LogP contribution in [0.1, 0.15) is 31.7 Å². The summed E-state index contributed by atoms with van der Waals surface area (Å²) in [4.78, 5) is 4.57. The molecule has 4 nitrogen and oxygen atoms in total. The van der Waals surface area contributed by atoms with Crippen LogP contribution in [0.25, 0.3) is 0 Å². The van der Waals surface area contributed by atoms with Crippen LogP contribution in [0.2, 0.25) is 5.02 Å². The third kappa shape index (κ3) is 5.21. The van der Waals surface area contributed by atoms with Crippen molar-refractivity contribution in [3.8, 4) is 0 Å². The molecule has 0 aliphatic heterocycles. The molecule has 1 aromatic rings. The highest BCUT2D eigenvalue weighted by atomic mass is 35.5. The average Bonchev–Trinajstić information content (AvgIpc) is 2.89. The topological polar surface area (TPSA) is 56.7 Å². The number of benzene rings is 1. The summed E-state index contributed by atoms with van der Waals surface area (Å²) in [6, 6.07) is 7.72. The van der Waals surface area contributed by atoms with Crippen LogP contribution in [0.4, 0.5) is 0 Å². The second kappa shape index (κ2) is 8.25. The van der Waals surface area contributed by atoms with Gasteiger partial charge in [0.15, 0.2) is 5.96 Å². The molecule has 1 aromatic carbocycles. The van der Waals surface area contributed by atoms with Crippen LogP contribution in [-0.2, 0) is 6.54 Å². The number of aliphatic hydroxyl groups excluding tert-OH is 1. The first-order valence-corrected chi connectivity index (χ1v) is 8.01. The predicted octanol–water partition coefficient (Wildman–Crippen LogP) is 2.56. The zero-order valence-corrected chi connectivity index (χ0v) is 13.2. The van der Waals surface area contributed by atoms with Gasteiger partial charge in [-0.2, -0.15) is 0 Å². The van der Waals surface area contributed by atoms with Gasteiger partial charge in [0.05, 0.1) is 12.6 Å². The van der Waals surface area contributed by atoms with Crippen molar-refractivity contribution in [1.29, 1.82) is 0 Å². The summed E-state index contributed by atoms with van der Waals surface area (Å²) in [6.07, 6.45) is 2.96. The molecule has 1 aliphatic carbocycles. The Morgan fingerprint density at radius 1 is 1.29 bits per heavy atom. The smallest absolute Gasteiger partial charge is 0.191 e. The lowest BCUT2D eigenvalue weighted by molar-refractivity contribution is 0.134. The Hall–Kier alpha value is -1.26. The van der Waals surface area contributed by atoms with Gasteiger partial charge in [-0.15, -0.1) is 0 Å². The number of aliphatic hydroxyl groups is 1. The maximum Gasteiger partial charge on any atom is 0.191 e. The van der Waals surface area contributed by atoms with Crippen molar-refractivity contribution in [1.82, 2.24) is 10.6 Å². The molecule has 0 bridgehead atoms. The number of hydrogen-bond acceptors (Lipinski definition) is 2. The quantitative estimate of drug-likeness (QED) is 0.579. The second-order valence-corrected chi connectivity index (χ2v) is 5.90. The number of rotatable bonds is 5. The van der Waals surface area contributed by atoms with E-state index in [1.54, 1.807) is 0 Å². The summed E-state index contributed by atoms with van der Waals surface area (Å²) in [5.41, 5.74) is 1.12. The Morgan fingerprint density at radius 3 is 2.67 bits per heavy atom. The van der Waals surface area contributed by atoms with E-state index in [9.17, 15) is 5.11 Å². The molecule has 0 spiro atoms. The van der Waals surface area contributed by atoms with Crippen LogP contribution in [0.15, 0.2) is 29.3 Å². The van der Waals surface area contributed by atoms with E-state index in [0.29, 0.717) is 12.5 Å². The number of guanidine groups is 1. The summed E-state index contributed by atoms with van der Waals surface area (Å²) >= 11 is 5.88. The first-order chi connectivity index (χ1) is 10.2. The molecule has 0 amide bonds. The number of hydrogen-bond donors (Lipinski definition) is 3. The first-order valence-electron chi connectivity index (χ1n) is 7.63. The highest BCUT2D eigenvalue weighted by Crippen LogP contribution is 2.24. The van der Waals surface area contributed by atoms with Gasteiger partial charge in [0.2, 0.25) is 0 Å². The molecule has 0 aromatic heterocycles. The van der Waals surface area contributed by atoms with Gasteiger partial charge in [-0.3, -0.25) is 0 Å². The van der Waals surface area contributed by atoms with Crippen LogP contribution in [-0.4, -0.2) is 30.3 Å². The molecule has 116 valence electrons. The zero-order valence-electron chi connectivity index (χ0n) is 12.5. The van der Waals surface area contributed by atoms with Gasteiger partial charge < -0.3 is 15.7 Å². The van der Waals surface area contributed by atoms with Crippen molar-refractivity contribution in [3.05, 3.63) is 34.9 Å². The van der Waals surface area contributed by atoms with Crippen LogP contribution in [0.5, 0.6) is 0 Å². The Kier molecular flexibility index (Phi) is 6.33. The van der Waals surface area contributed by atoms with Gasteiger partial charge in [0.25, 0.3) is 0 Å². The summed E-state index contributed by atoms with van der Waals surface area (Å²) in [5.74, 6) is 1.14. The van der Waals surface area contributed by atoms with E-state index in [1.807, 2.05) is 31.2 Å². The fraction of sp³-hybridized carbons (Fsp3) is 0.562. The Labute approximate surface area is 131 Å². The maximum atomic E-state index is 9.85. The van der Waals surface area contributed by atoms with Gasteiger partial charge in [-0.1, -0.05) is 30.2 Å². The number of halogens is 1. The van der Waals surface area contributed by atoms with Gasteiger partial charge in [-0.25, -0.2) is 4.99 Å². The highest BCUT2D eigenvalue weighted by Gasteiger charge is 2.24. The lowest BCUT2D eigenvalue weighted by atomic mass is 10.1. The van der Waals surface area contributed by atoms with Gasteiger partial charge >= 0.3 is 0 Å². The SMILES string of the molecule is CCNC(=NCc1ccc(Cl)cc1)NCC1CCCC1O. The van der Waals surface area contributed by atoms with Gasteiger partial charge in [0.1, 0.15) is 0 Å². The molecule has 0 radical (unpaired) electrons. The van der Waals surface area contributed by atoms with E-state index in [-0.39, 0.29) is 6.10 Å². The molecule has 1 aliphatic rings. The van der Waals surface area contributed by atoms with E-state index in [2.05, 4.69) is 15.6 Å². The molecular formula is C16H24ClN3O. The van der Waals surface area contributed by atoms with Crippen molar-refractivity contribution in [2.45, 2.75) is 38.8 Å². The minimum atomic E-state index is -0.170. The molecule has 0 heterocycles. The predicted molar refractivity (Wildman–Crippen MR) is 87.6 cm³/mol. The van der Waals surface area contributed by atoms with E-state index in [4.69, 9.17) is 11.6 Å². The average molecular weight is 310 g/mol. The Balaban J connectivity index is 1.87. The fourth-order valence-corrected chi connectivity index (χ4v) is 2.71. The summed E-state index contributed by atoms with van der Waals surface area (Å²) in [7, 11) is 0. The minimum absolute atomic E-state index is 0.170. The normalized spacial score (nSPS) is 22.3. The molecular weight excluding hydrogens is 286 g/mol. The standard InChI is InChI=1S/C16H24ClN3O/c1-2-18-16(20-11-13-4-3-5-15(13)21)19-10-12-6-8-14(17)9-7-12/h6-9,13,15,21H,2-5,10-11H2,1H3,(H2,18,19,20). The van der Waals surface area contributed by atoms with Gasteiger partial charge in [0, 0.05) is 24.0 Å². The van der Waals surface area contributed by atoms with E-state index >= 15 is 0 Å². The summed E-state index contributed by atoms with van der Waals surface area (Å²) in [6.45, 7) is 4.25. The van der Waals surface area contributed by atoms with E-state index < -0.39 is 0 Å². The lowest BCUT2D eigenvalue weighted by Gasteiger charge is -2.17. The fourth-order valence-electron chi connectivity index (χ4n) is 2.59. The van der Waals surface area contributed by atoms with Crippen LogP contribution in [0, 0.1) is 5.92 Å². The summed E-state index contributed by atoms with van der Waals surface area (Å²) < 4.78 is 0. The molecule has 1 fully saturated rings. The van der Waals surface area contributed by atoms with Crippen molar-refractivity contribution in [2.24, 2.45) is 10.9 Å². The molecule has 5 heteroatoms. The number of nitrogens with one attached hydrogen (secondary N) is 2. The molecule has 21 heavy (non-hydrogen) atoms. The van der Waals surface area contributed by atoms with Crippen molar-refractivity contribution >= 4 is 17.6 Å². The molecule has 0 saturated heterocycles. The van der Waals surface area contributed by atoms with Crippen LogP contribution < -0.4 is 10.6 Å². The summed E-state index contributed by atoms with van der Waals surface area (Å²) in [5, 5.41) is 17.2. The monoisotopic (exact) mass is 309 g/mol. The largest absolute Gasteiger partial charge is 0.393 e. The molecule has 2 atom stereocenters. The Morgan fingerprint density at radius 2 is 2.05 bits per heavy atom. The molecule has 2 unspecified atom stereocenters. The minimum Gasteiger partial charge on any atom is -0.393 e. The van der Waals surface area contributed by atoms with Crippen LogP contribution in [0.3, 0.4) is 0 Å². The number of aliphatic imine (C=N–C) groups is 1. The third-order valence-electron chi connectivity index (χ3n) is 3.83. The molecule has 2 rings (SSSR count). The Bertz CT molecular complexity index is 461. The zero-order chi connectivity index (χ0) is 15.1. The lowest BCUT2D eigenvalue weighted by Crippen LogP contribution is -2.41. The second-order valence-electron chi connectivity index (χ2n) is 5.46. The third-order valence-corrected chi connectivity index (χ3v) is 4.08. The first kappa shape index (κ1) is 16.1. The van der Waals surface area contributed by atoms with Gasteiger partial charge in [-0.05, 0) is 37.5 Å². The number of nitrogens with zero attached hydrogens (tertiary/aromatic N) is 1. The molecule has 3 N–H and O–H groups in total. The van der Waals surface area contributed by atoms with Crippen molar-refractivity contribution in [3.63, 3.8) is 0 Å². The van der Waals surface area contributed by atoms with E-state index in [0.717, 1.165) is 48.9 Å². The van der Waals surface area contributed by atoms with Crippen molar-refractivity contribution < 1.29 is 5.11 Å². The van der Waals surface area contributed by atoms with Crippen molar-refractivity contribution in [2.75, 3.05) is 13.1 Å². The maximum absolute atomic E-state index is 9.85. The highest BCUT2D eigenvalue weighted by molar-refractivity contribution is 6.30. The molecule has 1 saturated carbocycles.